The molecule has 0 saturated carbocycles. The Bertz CT molecular complexity index is 750. The zero-order valence-corrected chi connectivity index (χ0v) is 13.6. The Morgan fingerprint density at radius 1 is 1.33 bits per heavy atom. The number of aromatic nitrogens is 2. The van der Waals surface area contributed by atoms with Gasteiger partial charge in [-0.1, -0.05) is 6.07 Å². The number of nitrogens with one attached hydrogen (secondary N) is 1. The average Bonchev–Trinajstić information content (AvgIpc) is 2.82. The molecular weight excluding hydrogens is 321 g/mol. The lowest BCUT2D eigenvalue weighted by atomic mass is 10.1. The maximum absolute atomic E-state index is 13.4. The number of benzene rings is 1. The number of halogens is 3. The van der Waals surface area contributed by atoms with E-state index in [1.165, 1.54) is 17.7 Å². The molecule has 0 aliphatic rings. The summed E-state index contributed by atoms with van der Waals surface area (Å²) in [6, 6.07) is 4.92. The van der Waals surface area contributed by atoms with E-state index in [1.807, 2.05) is 0 Å². The van der Waals surface area contributed by atoms with Gasteiger partial charge in [0.1, 0.15) is 0 Å². The molecule has 1 amide bonds. The standard InChI is InChI=1S/C16H19F3N4O/c1-9-6-10(2)23(22-9)13-5-4-12(8-21-15(24)11(3)20)14(7-13)16(17,18)19/h4-7,11H,8,20H2,1-3H3,(H,21,24)/t11-/m0/s1. The number of hydrogen-bond acceptors (Lipinski definition) is 3. The lowest BCUT2D eigenvalue weighted by molar-refractivity contribution is -0.138. The van der Waals surface area contributed by atoms with E-state index >= 15 is 0 Å². The molecule has 0 bridgehead atoms. The number of carbonyl (C=O) groups is 1. The van der Waals surface area contributed by atoms with Crippen molar-refractivity contribution in [3.63, 3.8) is 0 Å². The normalized spacial score (nSPS) is 13.0. The summed E-state index contributed by atoms with van der Waals surface area (Å²) in [6.07, 6.45) is -4.54. The Hall–Kier alpha value is -2.35. The first-order valence-corrected chi connectivity index (χ1v) is 7.36. The highest BCUT2D eigenvalue weighted by Crippen LogP contribution is 2.33. The average molecular weight is 340 g/mol. The Kier molecular flexibility index (Phi) is 4.98. The van der Waals surface area contributed by atoms with Crippen molar-refractivity contribution in [3.8, 4) is 5.69 Å². The number of rotatable bonds is 4. The second-order valence-electron chi connectivity index (χ2n) is 5.68. The molecule has 5 nitrogen and oxygen atoms in total. The minimum Gasteiger partial charge on any atom is -0.351 e. The van der Waals surface area contributed by atoms with Crippen LogP contribution >= 0.6 is 0 Å². The van der Waals surface area contributed by atoms with Gasteiger partial charge < -0.3 is 11.1 Å². The number of carbonyl (C=O) groups excluding carboxylic acids is 1. The Labute approximate surface area is 137 Å². The monoisotopic (exact) mass is 340 g/mol. The first-order chi connectivity index (χ1) is 11.1. The van der Waals surface area contributed by atoms with E-state index in [0.717, 1.165) is 11.8 Å². The van der Waals surface area contributed by atoms with Gasteiger partial charge >= 0.3 is 6.18 Å². The Morgan fingerprint density at radius 3 is 2.50 bits per heavy atom. The third kappa shape index (κ3) is 3.94. The van der Waals surface area contributed by atoms with E-state index in [4.69, 9.17) is 5.73 Å². The van der Waals surface area contributed by atoms with Crippen LogP contribution in [0.3, 0.4) is 0 Å². The summed E-state index contributed by atoms with van der Waals surface area (Å²) in [5.74, 6) is -0.509. The highest BCUT2D eigenvalue weighted by atomic mass is 19.4. The van der Waals surface area contributed by atoms with Gasteiger partial charge in [0.25, 0.3) is 0 Å². The quantitative estimate of drug-likeness (QED) is 0.898. The molecule has 0 aliphatic heterocycles. The summed E-state index contributed by atoms with van der Waals surface area (Å²) >= 11 is 0. The second-order valence-corrected chi connectivity index (χ2v) is 5.68. The van der Waals surface area contributed by atoms with Crippen molar-refractivity contribution in [2.45, 2.75) is 39.5 Å². The molecule has 3 N–H and O–H groups in total. The predicted octanol–water partition coefficient (Wildman–Crippen LogP) is 2.47. The fourth-order valence-corrected chi connectivity index (χ4v) is 2.35. The van der Waals surface area contributed by atoms with Crippen LogP contribution in [0.15, 0.2) is 24.3 Å². The molecule has 0 fully saturated rings. The van der Waals surface area contributed by atoms with Gasteiger partial charge in [0.15, 0.2) is 0 Å². The molecule has 0 radical (unpaired) electrons. The van der Waals surface area contributed by atoms with E-state index in [-0.39, 0.29) is 12.1 Å². The summed E-state index contributed by atoms with van der Waals surface area (Å²) < 4.78 is 41.6. The maximum Gasteiger partial charge on any atom is 0.416 e. The largest absolute Gasteiger partial charge is 0.416 e. The first kappa shape index (κ1) is 18.0. The van der Waals surface area contributed by atoms with Crippen LogP contribution in [0.4, 0.5) is 13.2 Å². The minimum atomic E-state index is -4.54. The summed E-state index contributed by atoms with van der Waals surface area (Å²) in [5.41, 5.74) is 6.33. The molecule has 1 heterocycles. The van der Waals surface area contributed by atoms with Crippen molar-refractivity contribution in [2.75, 3.05) is 0 Å². The zero-order chi connectivity index (χ0) is 18.1. The second kappa shape index (κ2) is 6.64. The van der Waals surface area contributed by atoms with Crippen molar-refractivity contribution in [3.05, 3.63) is 46.8 Å². The molecule has 1 aromatic carbocycles. The van der Waals surface area contributed by atoms with Crippen molar-refractivity contribution in [2.24, 2.45) is 5.73 Å². The molecule has 24 heavy (non-hydrogen) atoms. The molecule has 130 valence electrons. The van der Waals surface area contributed by atoms with Crippen LogP contribution in [0.1, 0.15) is 29.4 Å². The van der Waals surface area contributed by atoms with Crippen LogP contribution < -0.4 is 11.1 Å². The van der Waals surface area contributed by atoms with Gasteiger partial charge in [0, 0.05) is 12.2 Å². The molecule has 1 aromatic heterocycles. The number of hydrogen-bond donors (Lipinski definition) is 2. The van der Waals surface area contributed by atoms with Crippen molar-refractivity contribution < 1.29 is 18.0 Å². The number of nitrogens with two attached hydrogens (primary N) is 1. The van der Waals surface area contributed by atoms with Crippen LogP contribution in [0.25, 0.3) is 5.69 Å². The predicted molar refractivity (Wildman–Crippen MR) is 83.5 cm³/mol. The van der Waals surface area contributed by atoms with Crippen LogP contribution in [-0.4, -0.2) is 21.7 Å². The maximum atomic E-state index is 13.4. The van der Waals surface area contributed by atoms with Crippen molar-refractivity contribution in [1.29, 1.82) is 0 Å². The SMILES string of the molecule is Cc1cc(C)n(-c2ccc(CNC(=O)[C@H](C)N)c(C(F)(F)F)c2)n1. The van der Waals surface area contributed by atoms with Gasteiger partial charge in [-0.25, -0.2) is 4.68 Å². The first-order valence-electron chi connectivity index (χ1n) is 7.36. The van der Waals surface area contributed by atoms with Gasteiger partial charge in [-0.05, 0) is 44.5 Å². The number of aryl methyl sites for hydroxylation is 2. The number of amides is 1. The Morgan fingerprint density at radius 2 is 2.00 bits per heavy atom. The summed E-state index contributed by atoms with van der Waals surface area (Å²) in [5, 5.41) is 6.59. The molecule has 0 spiro atoms. The van der Waals surface area contributed by atoms with Gasteiger partial charge in [0.2, 0.25) is 5.91 Å². The van der Waals surface area contributed by atoms with Crippen molar-refractivity contribution >= 4 is 5.91 Å². The third-order valence-electron chi connectivity index (χ3n) is 3.52. The lowest BCUT2D eigenvalue weighted by Crippen LogP contribution is -2.38. The fraction of sp³-hybridized carbons (Fsp3) is 0.375. The summed E-state index contributed by atoms with van der Waals surface area (Å²) in [6.45, 7) is 4.76. The number of alkyl halides is 3. The highest BCUT2D eigenvalue weighted by molar-refractivity contribution is 5.80. The number of nitrogens with zero attached hydrogens (tertiary/aromatic N) is 2. The molecule has 8 heteroatoms. The van der Waals surface area contributed by atoms with Crippen LogP contribution in [0, 0.1) is 13.8 Å². The molecule has 0 aliphatic carbocycles. The topological polar surface area (TPSA) is 72.9 Å². The molecule has 2 aromatic rings. The summed E-state index contributed by atoms with van der Waals surface area (Å²) in [4.78, 5) is 11.5. The molecule has 0 unspecified atom stereocenters. The van der Waals surface area contributed by atoms with E-state index < -0.39 is 23.7 Å². The van der Waals surface area contributed by atoms with Crippen LogP contribution in [0.5, 0.6) is 0 Å². The minimum absolute atomic E-state index is 0.0261. The lowest BCUT2D eigenvalue weighted by Gasteiger charge is -2.16. The van der Waals surface area contributed by atoms with Gasteiger partial charge in [-0.3, -0.25) is 4.79 Å². The van der Waals surface area contributed by atoms with Crippen LogP contribution in [-0.2, 0) is 17.5 Å². The molecule has 2 rings (SSSR count). The highest BCUT2D eigenvalue weighted by Gasteiger charge is 2.34. The third-order valence-corrected chi connectivity index (χ3v) is 3.52. The fourth-order valence-electron chi connectivity index (χ4n) is 2.35. The van der Waals surface area contributed by atoms with Crippen LogP contribution in [0.2, 0.25) is 0 Å². The smallest absolute Gasteiger partial charge is 0.351 e. The molecular formula is C16H19F3N4O. The van der Waals surface area contributed by atoms with Crippen molar-refractivity contribution in [1.82, 2.24) is 15.1 Å². The van der Waals surface area contributed by atoms with Gasteiger partial charge in [0.05, 0.1) is 23.0 Å². The van der Waals surface area contributed by atoms with E-state index in [0.29, 0.717) is 11.4 Å². The van der Waals surface area contributed by atoms with E-state index in [2.05, 4.69) is 10.4 Å². The van der Waals surface area contributed by atoms with E-state index in [9.17, 15) is 18.0 Å². The zero-order valence-electron chi connectivity index (χ0n) is 13.6. The Balaban J connectivity index is 2.39. The molecule has 1 atom stereocenters. The summed E-state index contributed by atoms with van der Waals surface area (Å²) in [7, 11) is 0. The molecule has 0 saturated heterocycles. The van der Waals surface area contributed by atoms with Gasteiger partial charge in [-0.2, -0.15) is 18.3 Å². The van der Waals surface area contributed by atoms with Gasteiger partial charge in [-0.15, -0.1) is 0 Å². The van der Waals surface area contributed by atoms with E-state index in [1.54, 1.807) is 26.0 Å².